The van der Waals surface area contributed by atoms with Crippen molar-refractivity contribution in [3.8, 4) is 0 Å². The summed E-state index contributed by atoms with van der Waals surface area (Å²) in [4.78, 5) is 11.5. The van der Waals surface area contributed by atoms with Crippen LogP contribution in [0.25, 0.3) is 0 Å². The number of nitrogens with zero attached hydrogens (tertiary/aromatic N) is 1. The average molecular weight is 256 g/mol. The number of amides is 1. The number of ether oxygens (including phenoxy) is 2. The van der Waals surface area contributed by atoms with Crippen LogP contribution in [0.15, 0.2) is 6.07 Å². The number of hydrogen-bond acceptors (Lipinski definition) is 5. The number of hydrogen-bond donors (Lipinski definition) is 3. The summed E-state index contributed by atoms with van der Waals surface area (Å²) in [5, 5.41) is 9.01. The van der Waals surface area contributed by atoms with Crippen molar-refractivity contribution in [2.75, 3.05) is 39.2 Å². The average Bonchev–Trinajstić information content (AvgIpc) is 2.79. The fraction of sp³-hybridized carbons (Fsp3) is 0.636. The van der Waals surface area contributed by atoms with Gasteiger partial charge in [0.25, 0.3) is 5.91 Å². The number of nitrogens with one attached hydrogen (secondary N) is 2. The van der Waals surface area contributed by atoms with E-state index in [9.17, 15) is 4.79 Å². The Labute approximate surface area is 106 Å². The van der Waals surface area contributed by atoms with Crippen molar-refractivity contribution >= 4 is 11.7 Å². The molecule has 7 nitrogen and oxygen atoms in total. The molecule has 1 aromatic rings. The lowest BCUT2D eigenvalue weighted by Crippen LogP contribution is -2.25. The Morgan fingerprint density at radius 2 is 2.28 bits per heavy atom. The Balaban J connectivity index is 1.99. The summed E-state index contributed by atoms with van der Waals surface area (Å²) in [7, 11) is 1.64. The van der Waals surface area contributed by atoms with E-state index in [0.717, 1.165) is 12.8 Å². The van der Waals surface area contributed by atoms with Crippen LogP contribution in [0, 0.1) is 0 Å². The van der Waals surface area contributed by atoms with E-state index < -0.39 is 0 Å². The third-order valence-corrected chi connectivity index (χ3v) is 2.28. The predicted molar refractivity (Wildman–Crippen MR) is 67.3 cm³/mol. The van der Waals surface area contributed by atoms with Gasteiger partial charge in [-0.25, -0.2) is 0 Å². The first-order valence-electron chi connectivity index (χ1n) is 5.90. The summed E-state index contributed by atoms with van der Waals surface area (Å²) in [6, 6.07) is 1.50. The van der Waals surface area contributed by atoms with E-state index in [4.69, 9.17) is 15.2 Å². The Kier molecular flexibility index (Phi) is 6.82. The number of anilines is 1. The van der Waals surface area contributed by atoms with Gasteiger partial charge in [-0.15, -0.1) is 0 Å². The number of H-pyrrole nitrogens is 1. The predicted octanol–water partition coefficient (Wildman–Crippen LogP) is 0.165. The molecule has 1 rings (SSSR count). The molecule has 0 radical (unpaired) electrons. The molecule has 0 spiro atoms. The van der Waals surface area contributed by atoms with Crippen LogP contribution in [0.2, 0.25) is 0 Å². The standard InChI is InChI=1S/C11H20N4O3/c1-17-6-7-18-5-3-2-4-13-11(16)9-8-10(12)15-14-9/h8H,2-7H2,1H3,(H,13,16)(H3,12,14,15). The van der Waals surface area contributed by atoms with Gasteiger partial charge in [0.05, 0.1) is 13.2 Å². The van der Waals surface area contributed by atoms with Crippen molar-refractivity contribution in [1.82, 2.24) is 15.5 Å². The van der Waals surface area contributed by atoms with Crippen LogP contribution in [0.1, 0.15) is 23.3 Å². The minimum atomic E-state index is -0.195. The first-order valence-corrected chi connectivity index (χ1v) is 5.90. The molecule has 0 saturated heterocycles. The number of unbranched alkanes of at least 4 members (excludes halogenated alkanes) is 1. The number of carbonyl (C=O) groups excluding carboxylic acids is 1. The first kappa shape index (κ1) is 14.5. The van der Waals surface area contributed by atoms with Gasteiger partial charge in [-0.1, -0.05) is 0 Å². The maximum Gasteiger partial charge on any atom is 0.269 e. The van der Waals surface area contributed by atoms with E-state index in [1.54, 1.807) is 7.11 Å². The van der Waals surface area contributed by atoms with Gasteiger partial charge in [-0.05, 0) is 12.8 Å². The molecule has 0 atom stereocenters. The van der Waals surface area contributed by atoms with Crippen molar-refractivity contribution in [3.63, 3.8) is 0 Å². The number of rotatable bonds is 9. The summed E-state index contributed by atoms with van der Waals surface area (Å²) < 4.78 is 10.1. The Bertz CT molecular complexity index is 354. The highest BCUT2D eigenvalue weighted by atomic mass is 16.5. The maximum atomic E-state index is 11.5. The molecule has 1 amide bonds. The van der Waals surface area contributed by atoms with Crippen molar-refractivity contribution in [3.05, 3.63) is 11.8 Å². The molecule has 0 unspecified atom stereocenters. The number of methoxy groups -OCH3 is 1. The minimum absolute atomic E-state index is 0.195. The molecule has 1 heterocycles. The van der Waals surface area contributed by atoms with Gasteiger partial charge in [0.2, 0.25) is 0 Å². The lowest BCUT2D eigenvalue weighted by molar-refractivity contribution is 0.0686. The zero-order valence-electron chi connectivity index (χ0n) is 10.6. The number of nitrogen functional groups attached to an aromatic ring is 1. The van der Waals surface area contributed by atoms with Crippen LogP contribution < -0.4 is 11.1 Å². The molecule has 0 fully saturated rings. The van der Waals surface area contributed by atoms with Gasteiger partial charge < -0.3 is 20.5 Å². The van der Waals surface area contributed by atoms with E-state index in [1.165, 1.54) is 6.07 Å². The van der Waals surface area contributed by atoms with Crippen molar-refractivity contribution in [1.29, 1.82) is 0 Å². The maximum absolute atomic E-state index is 11.5. The Morgan fingerprint density at radius 3 is 2.94 bits per heavy atom. The van der Waals surface area contributed by atoms with Crippen LogP contribution >= 0.6 is 0 Å². The van der Waals surface area contributed by atoms with Gasteiger partial charge in [0.15, 0.2) is 0 Å². The smallest absolute Gasteiger partial charge is 0.269 e. The summed E-state index contributed by atoms with van der Waals surface area (Å²) >= 11 is 0. The highest BCUT2D eigenvalue weighted by Gasteiger charge is 2.07. The molecule has 102 valence electrons. The minimum Gasteiger partial charge on any atom is -0.382 e. The van der Waals surface area contributed by atoms with E-state index in [0.29, 0.717) is 37.9 Å². The molecule has 0 aliphatic heterocycles. The summed E-state index contributed by atoms with van der Waals surface area (Å²) in [5.41, 5.74) is 5.78. The van der Waals surface area contributed by atoms with Crippen LogP contribution in [0.3, 0.4) is 0 Å². The molecule has 18 heavy (non-hydrogen) atoms. The fourth-order valence-electron chi connectivity index (χ4n) is 1.32. The third-order valence-electron chi connectivity index (χ3n) is 2.28. The Hall–Kier alpha value is -1.60. The number of aromatic nitrogens is 2. The molecule has 0 aliphatic rings. The van der Waals surface area contributed by atoms with Gasteiger partial charge in [0.1, 0.15) is 11.5 Å². The number of aromatic amines is 1. The highest BCUT2D eigenvalue weighted by molar-refractivity contribution is 5.92. The SMILES string of the molecule is COCCOCCCCNC(=O)c1cc(N)n[nH]1. The van der Waals surface area contributed by atoms with E-state index in [-0.39, 0.29) is 5.91 Å². The van der Waals surface area contributed by atoms with Crippen LogP contribution in [-0.2, 0) is 9.47 Å². The van der Waals surface area contributed by atoms with Gasteiger partial charge >= 0.3 is 0 Å². The monoisotopic (exact) mass is 256 g/mol. The van der Waals surface area contributed by atoms with Crippen molar-refractivity contribution in [2.24, 2.45) is 0 Å². The van der Waals surface area contributed by atoms with Gasteiger partial charge in [0, 0.05) is 26.3 Å². The molecule has 0 aliphatic carbocycles. The highest BCUT2D eigenvalue weighted by Crippen LogP contribution is 1.99. The molecular weight excluding hydrogens is 236 g/mol. The molecule has 7 heteroatoms. The topological polar surface area (TPSA) is 102 Å². The largest absolute Gasteiger partial charge is 0.382 e. The summed E-state index contributed by atoms with van der Waals surface area (Å²) in [5.74, 6) is 0.117. The normalized spacial score (nSPS) is 10.5. The van der Waals surface area contributed by atoms with Crippen LogP contribution in [0.4, 0.5) is 5.82 Å². The van der Waals surface area contributed by atoms with Crippen molar-refractivity contribution in [2.45, 2.75) is 12.8 Å². The summed E-state index contributed by atoms with van der Waals surface area (Å²) in [6.45, 7) is 2.50. The van der Waals surface area contributed by atoms with Crippen molar-refractivity contribution < 1.29 is 14.3 Å². The fourth-order valence-corrected chi connectivity index (χ4v) is 1.32. The van der Waals surface area contributed by atoms with Crippen LogP contribution in [0.5, 0.6) is 0 Å². The number of nitrogens with two attached hydrogens (primary N) is 1. The number of carbonyl (C=O) groups is 1. The second kappa shape index (κ2) is 8.48. The first-order chi connectivity index (χ1) is 8.74. The molecule has 0 bridgehead atoms. The molecular formula is C11H20N4O3. The van der Waals surface area contributed by atoms with Gasteiger partial charge in [-0.3, -0.25) is 9.89 Å². The van der Waals surface area contributed by atoms with Gasteiger partial charge in [-0.2, -0.15) is 5.10 Å². The molecule has 0 aromatic carbocycles. The quantitative estimate of drug-likeness (QED) is 0.546. The second-order valence-corrected chi connectivity index (χ2v) is 3.77. The second-order valence-electron chi connectivity index (χ2n) is 3.77. The third kappa shape index (κ3) is 5.65. The Morgan fingerprint density at radius 1 is 1.44 bits per heavy atom. The lowest BCUT2D eigenvalue weighted by Gasteiger charge is -2.04. The van der Waals surface area contributed by atoms with E-state index >= 15 is 0 Å². The van der Waals surface area contributed by atoms with Crippen LogP contribution in [-0.4, -0.2) is 49.6 Å². The van der Waals surface area contributed by atoms with E-state index in [2.05, 4.69) is 15.5 Å². The molecule has 1 aromatic heterocycles. The molecule has 0 saturated carbocycles. The summed E-state index contributed by atoms with van der Waals surface area (Å²) in [6.07, 6.45) is 1.76. The zero-order chi connectivity index (χ0) is 13.2. The zero-order valence-corrected chi connectivity index (χ0v) is 10.6. The lowest BCUT2D eigenvalue weighted by atomic mass is 10.3. The van der Waals surface area contributed by atoms with E-state index in [1.807, 2.05) is 0 Å². The molecule has 4 N–H and O–H groups in total.